The lowest BCUT2D eigenvalue weighted by Crippen LogP contribution is -2.35. The van der Waals surface area contributed by atoms with Crippen molar-refractivity contribution in [3.05, 3.63) is 29.8 Å². The Morgan fingerprint density at radius 1 is 1.21 bits per heavy atom. The fourth-order valence-electron chi connectivity index (χ4n) is 1.17. The van der Waals surface area contributed by atoms with E-state index in [1.807, 2.05) is 6.92 Å². The monoisotopic (exact) mass is 283 g/mol. The Balaban J connectivity index is 2.63. The van der Waals surface area contributed by atoms with Crippen molar-refractivity contribution in [3.8, 4) is 0 Å². The second-order valence-electron chi connectivity index (χ2n) is 4.23. The molecule has 0 aliphatic heterocycles. The number of sulfonamides is 1. The van der Waals surface area contributed by atoms with Crippen LogP contribution in [0.15, 0.2) is 34.3 Å². The first-order valence-electron chi connectivity index (χ1n) is 5.67. The minimum atomic E-state index is -3.67. The highest BCUT2D eigenvalue weighted by atomic mass is 32.2. The summed E-state index contributed by atoms with van der Waals surface area (Å²) in [6, 6.07) is 6.37. The summed E-state index contributed by atoms with van der Waals surface area (Å²) in [6.45, 7) is 4.95. The standard InChI is InChI=1S/C12H17N3O3S/c1-9(2)14-15-12(16)8-13-19(17,18)11-6-4-10(3)5-7-11/h4-7,13H,8H2,1-3H3,(H,15,16). The molecule has 0 radical (unpaired) electrons. The van der Waals surface area contributed by atoms with Gasteiger partial charge in [0, 0.05) is 5.71 Å². The second kappa shape index (κ2) is 6.44. The Morgan fingerprint density at radius 2 is 1.79 bits per heavy atom. The van der Waals surface area contributed by atoms with Gasteiger partial charge < -0.3 is 0 Å². The Bertz CT molecular complexity index is 573. The second-order valence-corrected chi connectivity index (χ2v) is 6.00. The number of nitrogens with one attached hydrogen (secondary N) is 2. The Labute approximate surface area is 113 Å². The van der Waals surface area contributed by atoms with E-state index in [1.165, 1.54) is 12.1 Å². The number of carbonyl (C=O) groups excluding carboxylic acids is 1. The molecule has 0 saturated heterocycles. The van der Waals surface area contributed by atoms with Crippen LogP contribution in [-0.2, 0) is 14.8 Å². The predicted octanol–water partition coefficient (Wildman–Crippen LogP) is 0.785. The molecule has 0 bridgehead atoms. The molecule has 7 heteroatoms. The smallest absolute Gasteiger partial charge is 0.255 e. The van der Waals surface area contributed by atoms with Crippen molar-refractivity contribution in [3.63, 3.8) is 0 Å². The highest BCUT2D eigenvalue weighted by molar-refractivity contribution is 7.89. The Kier molecular flexibility index (Phi) is 5.20. The van der Waals surface area contributed by atoms with E-state index < -0.39 is 15.9 Å². The number of aryl methyl sites for hydroxylation is 1. The molecule has 1 rings (SSSR count). The van der Waals surface area contributed by atoms with E-state index in [9.17, 15) is 13.2 Å². The molecule has 0 atom stereocenters. The molecule has 1 aromatic carbocycles. The first-order valence-corrected chi connectivity index (χ1v) is 7.15. The van der Waals surface area contributed by atoms with Gasteiger partial charge in [-0.15, -0.1) is 0 Å². The first-order chi connectivity index (χ1) is 8.81. The van der Waals surface area contributed by atoms with E-state index in [0.717, 1.165) is 5.56 Å². The van der Waals surface area contributed by atoms with E-state index in [4.69, 9.17) is 0 Å². The molecular formula is C12H17N3O3S. The van der Waals surface area contributed by atoms with Crippen LogP contribution in [0.3, 0.4) is 0 Å². The molecule has 0 aliphatic rings. The van der Waals surface area contributed by atoms with Crippen LogP contribution in [-0.4, -0.2) is 26.6 Å². The molecule has 0 spiro atoms. The van der Waals surface area contributed by atoms with Gasteiger partial charge in [0.25, 0.3) is 5.91 Å². The van der Waals surface area contributed by atoms with Crippen molar-refractivity contribution in [1.82, 2.24) is 10.1 Å². The minimum absolute atomic E-state index is 0.126. The van der Waals surface area contributed by atoms with Gasteiger partial charge >= 0.3 is 0 Å². The van der Waals surface area contributed by atoms with Gasteiger partial charge in [-0.25, -0.2) is 18.6 Å². The van der Waals surface area contributed by atoms with Crippen molar-refractivity contribution < 1.29 is 13.2 Å². The molecule has 0 saturated carbocycles. The van der Waals surface area contributed by atoms with Crippen LogP contribution in [0.2, 0.25) is 0 Å². The summed E-state index contributed by atoms with van der Waals surface area (Å²) >= 11 is 0. The largest absolute Gasteiger partial charge is 0.272 e. The van der Waals surface area contributed by atoms with Crippen LogP contribution < -0.4 is 10.1 Å². The summed E-state index contributed by atoms with van der Waals surface area (Å²) < 4.78 is 25.9. The van der Waals surface area contributed by atoms with Gasteiger partial charge in [0.1, 0.15) is 0 Å². The Hall–Kier alpha value is -1.73. The summed E-state index contributed by atoms with van der Waals surface area (Å²) in [5, 5.41) is 3.69. The van der Waals surface area contributed by atoms with Crippen LogP contribution >= 0.6 is 0 Å². The van der Waals surface area contributed by atoms with E-state index in [2.05, 4.69) is 15.2 Å². The maximum absolute atomic E-state index is 11.9. The number of benzene rings is 1. The SMILES string of the molecule is CC(C)=NNC(=O)CNS(=O)(=O)c1ccc(C)cc1. The molecule has 0 aromatic heterocycles. The van der Waals surface area contributed by atoms with Crippen molar-refractivity contribution in [2.24, 2.45) is 5.10 Å². The van der Waals surface area contributed by atoms with Crippen LogP contribution in [0.25, 0.3) is 0 Å². The Morgan fingerprint density at radius 3 is 2.32 bits per heavy atom. The van der Waals surface area contributed by atoms with Crippen LogP contribution in [0.1, 0.15) is 19.4 Å². The van der Waals surface area contributed by atoms with Gasteiger partial charge in [0.15, 0.2) is 0 Å². The van der Waals surface area contributed by atoms with Crippen LogP contribution in [0.5, 0.6) is 0 Å². The zero-order valence-electron chi connectivity index (χ0n) is 11.1. The topological polar surface area (TPSA) is 87.6 Å². The summed E-state index contributed by atoms with van der Waals surface area (Å²) in [7, 11) is -3.67. The predicted molar refractivity (Wildman–Crippen MR) is 73.3 cm³/mol. The molecule has 1 aromatic rings. The number of amides is 1. The molecular weight excluding hydrogens is 266 g/mol. The van der Waals surface area contributed by atoms with E-state index in [1.54, 1.807) is 26.0 Å². The highest BCUT2D eigenvalue weighted by Crippen LogP contribution is 2.09. The third-order valence-electron chi connectivity index (χ3n) is 2.16. The minimum Gasteiger partial charge on any atom is -0.272 e. The van der Waals surface area contributed by atoms with E-state index in [0.29, 0.717) is 5.71 Å². The molecule has 0 aliphatic carbocycles. The van der Waals surface area contributed by atoms with Crippen molar-refractivity contribution >= 4 is 21.6 Å². The number of hydrogen-bond donors (Lipinski definition) is 2. The van der Waals surface area contributed by atoms with Gasteiger partial charge in [0.2, 0.25) is 10.0 Å². The van der Waals surface area contributed by atoms with Gasteiger partial charge in [-0.1, -0.05) is 17.7 Å². The van der Waals surface area contributed by atoms with Gasteiger partial charge in [-0.3, -0.25) is 4.79 Å². The van der Waals surface area contributed by atoms with E-state index in [-0.39, 0.29) is 11.4 Å². The molecule has 6 nitrogen and oxygen atoms in total. The average molecular weight is 283 g/mol. The molecule has 104 valence electrons. The number of carbonyl (C=O) groups is 1. The molecule has 1 amide bonds. The van der Waals surface area contributed by atoms with Gasteiger partial charge in [0.05, 0.1) is 11.4 Å². The third kappa shape index (κ3) is 5.19. The van der Waals surface area contributed by atoms with E-state index >= 15 is 0 Å². The quantitative estimate of drug-likeness (QED) is 0.618. The molecule has 2 N–H and O–H groups in total. The number of rotatable bonds is 5. The average Bonchev–Trinajstić information content (AvgIpc) is 2.34. The fourth-order valence-corrected chi connectivity index (χ4v) is 2.16. The first kappa shape index (κ1) is 15.3. The maximum atomic E-state index is 11.9. The maximum Gasteiger partial charge on any atom is 0.255 e. The normalized spacial score (nSPS) is 10.9. The van der Waals surface area contributed by atoms with Crippen molar-refractivity contribution in [2.75, 3.05) is 6.54 Å². The van der Waals surface area contributed by atoms with Crippen LogP contribution in [0, 0.1) is 6.92 Å². The number of hydrazone groups is 1. The third-order valence-corrected chi connectivity index (χ3v) is 3.58. The summed E-state index contributed by atoms with van der Waals surface area (Å²) in [4.78, 5) is 11.5. The zero-order valence-corrected chi connectivity index (χ0v) is 11.9. The molecule has 0 heterocycles. The summed E-state index contributed by atoms with van der Waals surface area (Å²) in [5.74, 6) is -0.517. The number of nitrogens with zero attached hydrogens (tertiary/aromatic N) is 1. The number of hydrogen-bond acceptors (Lipinski definition) is 4. The zero-order chi connectivity index (χ0) is 14.5. The lowest BCUT2D eigenvalue weighted by Gasteiger charge is -2.06. The van der Waals surface area contributed by atoms with Crippen molar-refractivity contribution in [1.29, 1.82) is 0 Å². The summed E-state index contributed by atoms with van der Waals surface area (Å²) in [5.41, 5.74) is 3.88. The fraction of sp³-hybridized carbons (Fsp3) is 0.333. The summed E-state index contributed by atoms with van der Waals surface area (Å²) in [6.07, 6.45) is 0. The van der Waals surface area contributed by atoms with Gasteiger partial charge in [-0.2, -0.15) is 5.10 Å². The van der Waals surface area contributed by atoms with Crippen molar-refractivity contribution in [2.45, 2.75) is 25.7 Å². The molecule has 0 unspecified atom stereocenters. The lowest BCUT2D eigenvalue weighted by atomic mass is 10.2. The molecule has 19 heavy (non-hydrogen) atoms. The lowest BCUT2D eigenvalue weighted by molar-refractivity contribution is -0.119. The molecule has 0 fully saturated rings. The van der Waals surface area contributed by atoms with Gasteiger partial charge in [-0.05, 0) is 32.9 Å². The van der Waals surface area contributed by atoms with Crippen LogP contribution in [0.4, 0.5) is 0 Å². The highest BCUT2D eigenvalue weighted by Gasteiger charge is 2.14.